The van der Waals surface area contributed by atoms with Gasteiger partial charge >= 0.3 is 7.60 Å². The summed E-state index contributed by atoms with van der Waals surface area (Å²) in [5, 5.41) is 0. The minimum atomic E-state index is -3.06. The van der Waals surface area contributed by atoms with Gasteiger partial charge in [-0.3, -0.25) is 4.57 Å². The van der Waals surface area contributed by atoms with E-state index in [0.717, 1.165) is 19.3 Å². The molecule has 0 N–H and O–H groups in total. The van der Waals surface area contributed by atoms with Crippen molar-refractivity contribution in [2.45, 2.75) is 81.6 Å². The molecule has 0 saturated heterocycles. The summed E-state index contributed by atoms with van der Waals surface area (Å²) >= 11 is 0. The lowest BCUT2D eigenvalue weighted by atomic mass is 9.94. The van der Waals surface area contributed by atoms with Crippen LogP contribution >= 0.6 is 7.60 Å². The smallest absolute Gasteiger partial charge is 0.308 e. The van der Waals surface area contributed by atoms with E-state index in [1.54, 1.807) is 0 Å². The molecule has 0 aliphatic heterocycles. The Bertz CT molecular complexity index is 355. The minimum Gasteiger partial charge on any atom is -0.308 e. The van der Waals surface area contributed by atoms with Crippen molar-refractivity contribution < 1.29 is 13.6 Å². The lowest BCUT2D eigenvalue weighted by Crippen LogP contribution is -2.21. The second-order valence-electron chi connectivity index (χ2n) is 8.62. The Hall–Kier alpha value is 0.150. The van der Waals surface area contributed by atoms with Gasteiger partial charge in [0.05, 0.1) is 19.4 Å². The van der Waals surface area contributed by atoms with Gasteiger partial charge in [0.1, 0.15) is 0 Å². The molecule has 3 atom stereocenters. The van der Waals surface area contributed by atoms with Gasteiger partial charge in [0.2, 0.25) is 0 Å². The van der Waals surface area contributed by atoms with Gasteiger partial charge in [-0.05, 0) is 35.5 Å². The lowest BCUT2D eigenvalue weighted by Gasteiger charge is -2.29. The Morgan fingerprint density at radius 3 is 1.20 bits per heavy atom. The highest BCUT2D eigenvalue weighted by atomic mass is 31.2. The minimum absolute atomic E-state index is 0.379. The van der Waals surface area contributed by atoms with Gasteiger partial charge in [-0.1, -0.05) is 81.6 Å². The highest BCUT2D eigenvalue weighted by Crippen LogP contribution is 2.52. The average Bonchev–Trinajstić information content (AvgIpc) is 2.53. The summed E-state index contributed by atoms with van der Waals surface area (Å²) in [6.07, 6.45) is 3.65. The van der Waals surface area contributed by atoms with Gasteiger partial charge in [-0.15, -0.1) is 0 Å². The van der Waals surface area contributed by atoms with Gasteiger partial charge in [0.15, 0.2) is 0 Å². The van der Waals surface area contributed by atoms with Crippen LogP contribution in [0.1, 0.15) is 81.6 Å². The van der Waals surface area contributed by atoms with Gasteiger partial charge in [-0.25, -0.2) is 0 Å². The van der Waals surface area contributed by atoms with Crippen LogP contribution < -0.4 is 0 Å². The molecule has 152 valence electrons. The van der Waals surface area contributed by atoms with Gasteiger partial charge < -0.3 is 9.05 Å². The van der Waals surface area contributed by atoms with Crippen molar-refractivity contribution in [3.05, 3.63) is 0 Å². The monoisotopic (exact) mass is 376 g/mol. The molecular weight excluding hydrogens is 331 g/mol. The molecule has 0 aliphatic rings. The van der Waals surface area contributed by atoms with Crippen LogP contribution in [-0.2, 0) is 13.6 Å². The first-order valence-corrected chi connectivity index (χ1v) is 12.2. The molecule has 3 nitrogen and oxygen atoms in total. The summed E-state index contributed by atoms with van der Waals surface area (Å²) < 4.78 is 25.6. The van der Waals surface area contributed by atoms with Crippen LogP contribution in [0.3, 0.4) is 0 Å². The molecule has 0 heterocycles. The third kappa shape index (κ3) is 9.59. The zero-order valence-electron chi connectivity index (χ0n) is 18.4. The summed E-state index contributed by atoms with van der Waals surface area (Å²) in [4.78, 5) is 0. The maximum absolute atomic E-state index is 13.5. The van der Waals surface area contributed by atoms with Crippen LogP contribution in [0.15, 0.2) is 0 Å². The van der Waals surface area contributed by atoms with Crippen LogP contribution in [0.2, 0.25) is 0 Å². The first-order valence-electron chi connectivity index (χ1n) is 10.5. The Morgan fingerprint density at radius 2 is 0.960 bits per heavy atom. The van der Waals surface area contributed by atoms with Gasteiger partial charge in [-0.2, -0.15) is 0 Å². The molecule has 0 spiro atoms. The first kappa shape index (κ1) is 25.1. The maximum Gasteiger partial charge on any atom is 0.330 e. The van der Waals surface area contributed by atoms with Crippen LogP contribution in [-0.4, -0.2) is 19.4 Å². The largest absolute Gasteiger partial charge is 0.330 e. The van der Waals surface area contributed by atoms with E-state index in [9.17, 15) is 4.57 Å². The van der Waals surface area contributed by atoms with Crippen LogP contribution in [0, 0.1) is 35.5 Å². The normalized spacial score (nSPS) is 18.6. The van der Waals surface area contributed by atoms with Crippen LogP contribution in [0.4, 0.5) is 0 Å². The zero-order valence-corrected chi connectivity index (χ0v) is 19.3. The van der Waals surface area contributed by atoms with Crippen molar-refractivity contribution in [3.63, 3.8) is 0 Å². The molecule has 0 saturated carbocycles. The number of hydrogen-bond acceptors (Lipinski definition) is 3. The van der Waals surface area contributed by atoms with Crippen LogP contribution in [0.25, 0.3) is 0 Å². The fourth-order valence-corrected chi connectivity index (χ4v) is 5.60. The summed E-state index contributed by atoms with van der Waals surface area (Å²) in [5.74, 6) is 2.80. The van der Waals surface area contributed by atoms with E-state index in [1.165, 1.54) is 0 Å². The molecule has 0 aliphatic carbocycles. The quantitative estimate of drug-likeness (QED) is 0.299. The first-order chi connectivity index (χ1) is 11.6. The Balaban J connectivity index is 5.10. The van der Waals surface area contributed by atoms with E-state index in [4.69, 9.17) is 9.05 Å². The van der Waals surface area contributed by atoms with E-state index >= 15 is 0 Å². The topological polar surface area (TPSA) is 35.5 Å². The lowest BCUT2D eigenvalue weighted by molar-refractivity contribution is 0.130. The molecule has 4 heteroatoms. The molecule has 0 aromatic carbocycles. The van der Waals surface area contributed by atoms with Crippen molar-refractivity contribution in [2.75, 3.05) is 19.4 Å². The fraction of sp³-hybridized carbons (Fsp3) is 1.00. The summed E-state index contributed by atoms with van der Waals surface area (Å²) in [6, 6.07) is 0. The second-order valence-corrected chi connectivity index (χ2v) is 10.7. The van der Waals surface area contributed by atoms with Crippen molar-refractivity contribution in [3.8, 4) is 0 Å². The molecular formula is C21H45O3P. The number of hydrogen-bond donors (Lipinski definition) is 0. The Morgan fingerprint density at radius 1 is 0.640 bits per heavy atom. The third-order valence-electron chi connectivity index (χ3n) is 5.83. The van der Waals surface area contributed by atoms with E-state index in [1.807, 2.05) is 0 Å². The van der Waals surface area contributed by atoms with E-state index < -0.39 is 7.60 Å². The highest BCUT2D eigenvalue weighted by molar-refractivity contribution is 7.53. The molecule has 0 rings (SSSR count). The second kappa shape index (κ2) is 12.5. The summed E-state index contributed by atoms with van der Waals surface area (Å²) in [7, 11) is -3.06. The van der Waals surface area contributed by atoms with Crippen molar-refractivity contribution in [1.29, 1.82) is 0 Å². The summed E-state index contributed by atoms with van der Waals surface area (Å²) in [5.41, 5.74) is 0. The van der Waals surface area contributed by atoms with Crippen molar-refractivity contribution in [2.24, 2.45) is 35.5 Å². The van der Waals surface area contributed by atoms with Crippen LogP contribution in [0.5, 0.6) is 0 Å². The predicted molar refractivity (Wildman–Crippen MR) is 110 cm³/mol. The average molecular weight is 377 g/mol. The fourth-order valence-electron chi connectivity index (χ4n) is 3.22. The van der Waals surface area contributed by atoms with Crippen molar-refractivity contribution in [1.82, 2.24) is 0 Å². The van der Waals surface area contributed by atoms with E-state index in [0.29, 0.717) is 54.9 Å². The van der Waals surface area contributed by atoms with Crippen molar-refractivity contribution >= 4 is 7.60 Å². The molecule has 0 radical (unpaired) electrons. The van der Waals surface area contributed by atoms with E-state index in [-0.39, 0.29) is 0 Å². The molecule has 0 bridgehead atoms. The summed E-state index contributed by atoms with van der Waals surface area (Å²) in [6.45, 7) is 20.8. The van der Waals surface area contributed by atoms with Gasteiger partial charge in [0.25, 0.3) is 0 Å². The maximum atomic E-state index is 13.5. The molecule has 0 amide bonds. The molecule has 3 unspecified atom stereocenters. The predicted octanol–water partition coefficient (Wildman–Crippen LogP) is 7.26. The van der Waals surface area contributed by atoms with E-state index in [2.05, 4.69) is 62.3 Å². The zero-order chi connectivity index (χ0) is 19.6. The molecule has 0 fully saturated rings. The Kier molecular flexibility index (Phi) is 12.6. The molecule has 25 heavy (non-hydrogen) atoms. The Labute approximate surface area is 158 Å². The number of rotatable bonds is 14. The molecule has 0 aromatic heterocycles. The molecule has 0 aromatic rings. The highest BCUT2D eigenvalue weighted by Gasteiger charge is 2.32. The van der Waals surface area contributed by atoms with Gasteiger partial charge in [0, 0.05) is 0 Å². The standard InChI is InChI=1S/C21H45O3P/c1-10-19(16(4)5)13-23-25(22,15-21(12-3)18(8)9)24-14-20(11-2)17(6)7/h16-21H,10-15H2,1-9H3. The third-order valence-corrected chi connectivity index (χ3v) is 7.83. The SMILES string of the molecule is CCC(COP(=O)(CC(CC)C(C)C)OCC(CC)C(C)C)C(C)C.